The topological polar surface area (TPSA) is 45.7 Å². The quantitative estimate of drug-likeness (QED) is 0.770. The van der Waals surface area contributed by atoms with Gasteiger partial charge < -0.3 is 9.64 Å². The number of hydrogen-bond donors (Lipinski definition) is 0. The van der Waals surface area contributed by atoms with Crippen molar-refractivity contribution < 1.29 is 9.53 Å². The third-order valence-corrected chi connectivity index (χ3v) is 4.44. The molecule has 98 valence electrons. The normalized spacial score (nSPS) is 21.1. The first-order valence-corrected chi connectivity index (χ1v) is 7.19. The van der Waals surface area contributed by atoms with Gasteiger partial charge in [-0.2, -0.15) is 0 Å². The van der Waals surface area contributed by atoms with Gasteiger partial charge in [0, 0.05) is 37.6 Å². The highest BCUT2D eigenvalue weighted by molar-refractivity contribution is 7.13. The third-order valence-electron chi connectivity index (χ3n) is 3.53. The average Bonchev–Trinajstić information content (AvgIpc) is 3.15. The fraction of sp³-hybridized carbons (Fsp3) is 0.667. The summed E-state index contributed by atoms with van der Waals surface area (Å²) in [4.78, 5) is 20.5. The number of rotatable bonds is 3. The molecule has 3 rings (SSSR count). The second-order valence-corrected chi connectivity index (χ2v) is 5.60. The highest BCUT2D eigenvalue weighted by Gasteiger charge is 2.31. The van der Waals surface area contributed by atoms with Crippen LogP contribution in [-0.4, -0.2) is 55.2 Å². The minimum Gasteiger partial charge on any atom is -0.464 e. The summed E-state index contributed by atoms with van der Waals surface area (Å²) in [5.74, 6) is -0.353. The molecular formula is C12H17N3O2S. The molecule has 18 heavy (non-hydrogen) atoms. The first-order valence-electron chi connectivity index (χ1n) is 6.31. The number of carbonyl (C=O) groups is 1. The lowest BCUT2D eigenvalue weighted by atomic mass is 10.3. The van der Waals surface area contributed by atoms with Crippen LogP contribution in [0, 0.1) is 0 Å². The summed E-state index contributed by atoms with van der Waals surface area (Å²) in [5, 5.41) is 2.71. The molecule has 6 heteroatoms. The lowest BCUT2D eigenvalue weighted by Gasteiger charge is -2.34. The Bertz CT molecular complexity index is 436. The van der Waals surface area contributed by atoms with Gasteiger partial charge in [0.2, 0.25) is 0 Å². The van der Waals surface area contributed by atoms with Crippen LogP contribution in [0.25, 0.3) is 0 Å². The molecule has 1 aliphatic heterocycles. The highest BCUT2D eigenvalue weighted by atomic mass is 32.1. The van der Waals surface area contributed by atoms with Crippen LogP contribution in [0.2, 0.25) is 0 Å². The van der Waals surface area contributed by atoms with Crippen molar-refractivity contribution in [2.45, 2.75) is 18.9 Å². The van der Waals surface area contributed by atoms with E-state index in [1.165, 1.54) is 31.3 Å². The zero-order valence-electron chi connectivity index (χ0n) is 10.5. The van der Waals surface area contributed by atoms with E-state index in [0.29, 0.717) is 5.69 Å². The largest absolute Gasteiger partial charge is 0.464 e. The van der Waals surface area contributed by atoms with E-state index in [9.17, 15) is 4.79 Å². The summed E-state index contributed by atoms with van der Waals surface area (Å²) in [7, 11) is 1.38. The van der Waals surface area contributed by atoms with Crippen LogP contribution >= 0.6 is 11.3 Å². The zero-order valence-corrected chi connectivity index (χ0v) is 11.3. The second kappa shape index (κ2) is 4.85. The van der Waals surface area contributed by atoms with E-state index in [0.717, 1.165) is 37.4 Å². The summed E-state index contributed by atoms with van der Waals surface area (Å²) in [5.41, 5.74) is 0.419. The van der Waals surface area contributed by atoms with Gasteiger partial charge >= 0.3 is 5.97 Å². The van der Waals surface area contributed by atoms with Crippen molar-refractivity contribution in [1.29, 1.82) is 0 Å². The Labute approximate surface area is 110 Å². The summed E-state index contributed by atoms with van der Waals surface area (Å²) in [6.45, 7) is 4.23. The van der Waals surface area contributed by atoms with Crippen LogP contribution in [0.5, 0.6) is 0 Å². The van der Waals surface area contributed by atoms with Gasteiger partial charge in [-0.1, -0.05) is 0 Å². The Morgan fingerprint density at radius 3 is 2.72 bits per heavy atom. The van der Waals surface area contributed by atoms with E-state index in [-0.39, 0.29) is 5.97 Å². The molecule has 0 atom stereocenters. The number of thiazole rings is 1. The maximum Gasteiger partial charge on any atom is 0.357 e. The summed E-state index contributed by atoms with van der Waals surface area (Å²) < 4.78 is 4.67. The lowest BCUT2D eigenvalue weighted by molar-refractivity contribution is 0.0595. The maximum absolute atomic E-state index is 11.4. The fourth-order valence-electron chi connectivity index (χ4n) is 2.33. The smallest absolute Gasteiger partial charge is 0.357 e. The molecule has 1 aromatic rings. The molecule has 1 aliphatic carbocycles. The van der Waals surface area contributed by atoms with Gasteiger partial charge in [-0.25, -0.2) is 9.78 Å². The summed E-state index contributed by atoms with van der Waals surface area (Å²) in [6, 6.07) is 0.842. The van der Waals surface area contributed by atoms with Crippen molar-refractivity contribution >= 4 is 22.4 Å². The van der Waals surface area contributed by atoms with Gasteiger partial charge in [0.25, 0.3) is 0 Å². The standard InChI is InChI=1S/C12H17N3O2S/c1-17-11(16)10-8-18-12(13-10)15-6-4-14(5-7-15)9-2-3-9/h8-9H,2-7H2,1H3. The molecule has 0 unspecified atom stereocenters. The molecule has 0 spiro atoms. The Kier molecular flexibility index (Phi) is 3.22. The van der Waals surface area contributed by atoms with Crippen molar-refractivity contribution in [1.82, 2.24) is 9.88 Å². The molecule has 2 fully saturated rings. The first-order chi connectivity index (χ1) is 8.78. The van der Waals surface area contributed by atoms with Crippen molar-refractivity contribution in [3.05, 3.63) is 11.1 Å². The average molecular weight is 267 g/mol. The molecule has 0 N–H and O–H groups in total. The monoisotopic (exact) mass is 267 g/mol. The number of anilines is 1. The lowest BCUT2D eigenvalue weighted by Crippen LogP contribution is -2.47. The van der Waals surface area contributed by atoms with E-state index in [1.807, 2.05) is 0 Å². The summed E-state index contributed by atoms with van der Waals surface area (Å²) in [6.07, 6.45) is 2.73. The second-order valence-electron chi connectivity index (χ2n) is 4.76. The van der Waals surface area contributed by atoms with Crippen molar-refractivity contribution in [2.24, 2.45) is 0 Å². The molecule has 1 saturated carbocycles. The van der Waals surface area contributed by atoms with Crippen LogP contribution < -0.4 is 4.90 Å². The molecule has 1 saturated heterocycles. The Morgan fingerprint density at radius 2 is 2.11 bits per heavy atom. The van der Waals surface area contributed by atoms with E-state index in [2.05, 4.69) is 19.5 Å². The molecule has 0 radical (unpaired) electrons. The van der Waals surface area contributed by atoms with Gasteiger partial charge in [-0.3, -0.25) is 4.90 Å². The first kappa shape index (κ1) is 11.9. The zero-order chi connectivity index (χ0) is 12.5. The summed E-state index contributed by atoms with van der Waals surface area (Å²) >= 11 is 1.52. The van der Waals surface area contributed by atoms with Gasteiger partial charge in [-0.05, 0) is 12.8 Å². The molecule has 0 bridgehead atoms. The van der Waals surface area contributed by atoms with Crippen molar-refractivity contribution in [3.63, 3.8) is 0 Å². The van der Waals surface area contributed by atoms with Crippen LogP contribution in [0.4, 0.5) is 5.13 Å². The molecule has 2 aliphatic rings. The van der Waals surface area contributed by atoms with E-state index < -0.39 is 0 Å². The van der Waals surface area contributed by atoms with Crippen molar-refractivity contribution in [2.75, 3.05) is 38.2 Å². The van der Waals surface area contributed by atoms with E-state index in [1.54, 1.807) is 5.38 Å². The van der Waals surface area contributed by atoms with Crippen LogP contribution in [0.1, 0.15) is 23.3 Å². The Balaban J connectivity index is 1.61. The van der Waals surface area contributed by atoms with E-state index >= 15 is 0 Å². The maximum atomic E-state index is 11.4. The number of nitrogens with zero attached hydrogens (tertiary/aromatic N) is 3. The molecule has 1 aromatic heterocycles. The number of carbonyl (C=O) groups excluding carboxylic acids is 1. The van der Waals surface area contributed by atoms with Gasteiger partial charge in [-0.15, -0.1) is 11.3 Å². The van der Waals surface area contributed by atoms with Gasteiger partial charge in [0.15, 0.2) is 10.8 Å². The van der Waals surface area contributed by atoms with Gasteiger partial charge in [0.05, 0.1) is 7.11 Å². The number of hydrogen-bond acceptors (Lipinski definition) is 6. The highest BCUT2D eigenvalue weighted by Crippen LogP contribution is 2.29. The number of aromatic nitrogens is 1. The fourth-order valence-corrected chi connectivity index (χ4v) is 3.17. The van der Waals surface area contributed by atoms with Crippen LogP contribution in [-0.2, 0) is 4.74 Å². The number of methoxy groups -OCH3 is 1. The Hall–Kier alpha value is -1.14. The van der Waals surface area contributed by atoms with Crippen molar-refractivity contribution in [3.8, 4) is 0 Å². The number of ether oxygens (including phenoxy) is 1. The minimum absolute atomic E-state index is 0.353. The molecule has 2 heterocycles. The predicted molar refractivity (Wildman–Crippen MR) is 70.3 cm³/mol. The minimum atomic E-state index is -0.353. The Morgan fingerprint density at radius 1 is 1.39 bits per heavy atom. The molecule has 5 nitrogen and oxygen atoms in total. The molecule has 0 amide bonds. The number of piperazine rings is 1. The van der Waals surface area contributed by atoms with E-state index in [4.69, 9.17) is 0 Å². The number of esters is 1. The van der Waals surface area contributed by atoms with Gasteiger partial charge in [0.1, 0.15) is 0 Å². The molecular weight excluding hydrogens is 250 g/mol. The third kappa shape index (κ3) is 2.35. The predicted octanol–water partition coefficient (Wildman–Crippen LogP) is 1.21. The SMILES string of the molecule is COC(=O)c1csc(N2CCN(C3CC3)CC2)n1. The van der Waals surface area contributed by atoms with Crippen LogP contribution in [0.3, 0.4) is 0 Å². The van der Waals surface area contributed by atoms with Crippen LogP contribution in [0.15, 0.2) is 5.38 Å². The molecule has 0 aromatic carbocycles.